The fraction of sp³-hybridized carbons (Fsp3) is 0.818. The number of hydrogen-bond donors (Lipinski definition) is 1. The summed E-state index contributed by atoms with van der Waals surface area (Å²) in [6.07, 6.45) is 4.64. The molecule has 2 aliphatic rings. The third kappa shape index (κ3) is 1.24. The van der Waals surface area contributed by atoms with Crippen LogP contribution in [0.3, 0.4) is 0 Å². The first kappa shape index (κ1) is 9.33. The van der Waals surface area contributed by atoms with Crippen LogP contribution in [0, 0.1) is 5.92 Å². The minimum absolute atomic E-state index is 0.167. The summed E-state index contributed by atoms with van der Waals surface area (Å²) < 4.78 is 5.76. The summed E-state index contributed by atoms with van der Waals surface area (Å²) in [4.78, 5) is 0. The Morgan fingerprint density at radius 2 is 2.47 bits per heavy atom. The van der Waals surface area contributed by atoms with E-state index in [0.29, 0.717) is 5.92 Å². The van der Waals surface area contributed by atoms with E-state index in [9.17, 15) is 0 Å². The number of fused-ring (bicyclic) bond motifs is 1. The number of nitrogens with zero attached hydrogens (tertiary/aromatic N) is 2. The van der Waals surface area contributed by atoms with Gasteiger partial charge in [0.15, 0.2) is 0 Å². The summed E-state index contributed by atoms with van der Waals surface area (Å²) >= 11 is 0. The van der Waals surface area contributed by atoms with Crippen molar-refractivity contribution >= 4 is 0 Å². The van der Waals surface area contributed by atoms with E-state index >= 15 is 0 Å². The summed E-state index contributed by atoms with van der Waals surface area (Å²) in [5.74, 6) is 2.37. The molecule has 4 heteroatoms. The molecule has 1 saturated carbocycles. The van der Waals surface area contributed by atoms with Gasteiger partial charge in [-0.25, -0.2) is 0 Å². The molecular formula is C11H17N3O. The van der Waals surface area contributed by atoms with Crippen molar-refractivity contribution in [2.75, 3.05) is 13.1 Å². The number of aryl methyl sites for hydroxylation is 1. The SMILES string of the molecule is CCc1nnc(C23CCCC2CNC3)o1. The molecule has 0 radical (unpaired) electrons. The molecule has 3 rings (SSSR count). The lowest BCUT2D eigenvalue weighted by Crippen LogP contribution is -2.31. The maximum Gasteiger partial charge on any atom is 0.224 e. The van der Waals surface area contributed by atoms with E-state index in [4.69, 9.17) is 4.42 Å². The number of rotatable bonds is 2. The normalized spacial score (nSPS) is 34.6. The zero-order valence-electron chi connectivity index (χ0n) is 9.12. The first-order valence-electron chi connectivity index (χ1n) is 5.89. The van der Waals surface area contributed by atoms with Crippen molar-refractivity contribution in [2.24, 2.45) is 5.92 Å². The van der Waals surface area contributed by atoms with Crippen molar-refractivity contribution < 1.29 is 4.42 Å². The molecule has 0 amide bonds. The van der Waals surface area contributed by atoms with E-state index in [0.717, 1.165) is 31.3 Å². The van der Waals surface area contributed by atoms with E-state index in [-0.39, 0.29) is 5.41 Å². The fourth-order valence-electron chi connectivity index (χ4n) is 3.10. The van der Waals surface area contributed by atoms with Crippen LogP contribution in [-0.2, 0) is 11.8 Å². The summed E-state index contributed by atoms with van der Waals surface area (Å²) in [5.41, 5.74) is 0.167. The quantitative estimate of drug-likeness (QED) is 0.793. The maximum atomic E-state index is 5.76. The molecule has 1 aliphatic heterocycles. The molecule has 82 valence electrons. The summed E-state index contributed by atoms with van der Waals surface area (Å²) in [6.45, 7) is 4.18. The third-order valence-corrected chi connectivity index (χ3v) is 3.98. The van der Waals surface area contributed by atoms with Gasteiger partial charge in [0, 0.05) is 13.0 Å². The first-order valence-corrected chi connectivity index (χ1v) is 5.89. The smallest absolute Gasteiger partial charge is 0.224 e. The highest BCUT2D eigenvalue weighted by Gasteiger charge is 2.51. The second-order valence-electron chi connectivity index (χ2n) is 4.73. The zero-order chi connectivity index (χ0) is 10.3. The molecule has 2 heterocycles. The minimum Gasteiger partial charge on any atom is -0.425 e. The molecule has 1 N–H and O–H groups in total. The van der Waals surface area contributed by atoms with Crippen LogP contribution in [0.4, 0.5) is 0 Å². The monoisotopic (exact) mass is 207 g/mol. The summed E-state index contributed by atoms with van der Waals surface area (Å²) in [5, 5.41) is 11.8. The van der Waals surface area contributed by atoms with Crippen LogP contribution >= 0.6 is 0 Å². The molecule has 2 fully saturated rings. The summed E-state index contributed by atoms with van der Waals surface area (Å²) in [7, 11) is 0. The Kier molecular flexibility index (Phi) is 2.06. The molecule has 15 heavy (non-hydrogen) atoms. The standard InChI is InChI=1S/C11H17N3O/c1-2-9-13-14-10(15-9)11-5-3-4-8(11)6-12-7-11/h8,12H,2-7H2,1H3. The second kappa shape index (κ2) is 3.30. The molecule has 0 bridgehead atoms. The summed E-state index contributed by atoms with van der Waals surface area (Å²) in [6, 6.07) is 0. The van der Waals surface area contributed by atoms with E-state index < -0.39 is 0 Å². The van der Waals surface area contributed by atoms with Gasteiger partial charge in [-0.1, -0.05) is 13.3 Å². The largest absolute Gasteiger partial charge is 0.425 e. The number of aromatic nitrogens is 2. The highest BCUT2D eigenvalue weighted by molar-refractivity contribution is 5.16. The predicted molar refractivity (Wildman–Crippen MR) is 55.6 cm³/mol. The molecule has 2 unspecified atom stereocenters. The van der Waals surface area contributed by atoms with Gasteiger partial charge in [-0.15, -0.1) is 10.2 Å². The highest BCUT2D eigenvalue weighted by Crippen LogP contribution is 2.47. The molecule has 1 saturated heterocycles. The molecular weight excluding hydrogens is 190 g/mol. The number of nitrogens with one attached hydrogen (secondary N) is 1. The molecule has 1 aromatic rings. The van der Waals surface area contributed by atoms with Gasteiger partial charge < -0.3 is 9.73 Å². The number of hydrogen-bond acceptors (Lipinski definition) is 4. The van der Waals surface area contributed by atoms with Crippen LogP contribution in [0.2, 0.25) is 0 Å². The van der Waals surface area contributed by atoms with Gasteiger partial charge in [-0.3, -0.25) is 0 Å². The van der Waals surface area contributed by atoms with E-state index in [1.165, 1.54) is 19.3 Å². The lowest BCUT2D eigenvalue weighted by atomic mass is 9.81. The van der Waals surface area contributed by atoms with Crippen LogP contribution in [0.1, 0.15) is 38.0 Å². The minimum atomic E-state index is 0.167. The average Bonchev–Trinajstić information content (AvgIpc) is 2.91. The van der Waals surface area contributed by atoms with Crippen molar-refractivity contribution in [1.29, 1.82) is 0 Å². The lowest BCUT2D eigenvalue weighted by molar-refractivity contribution is 0.296. The van der Waals surface area contributed by atoms with Gasteiger partial charge in [0.25, 0.3) is 0 Å². The van der Waals surface area contributed by atoms with E-state index in [2.05, 4.69) is 15.5 Å². The van der Waals surface area contributed by atoms with Gasteiger partial charge >= 0.3 is 0 Å². The van der Waals surface area contributed by atoms with Gasteiger partial charge in [0.1, 0.15) is 0 Å². The van der Waals surface area contributed by atoms with Crippen molar-refractivity contribution in [1.82, 2.24) is 15.5 Å². The van der Waals surface area contributed by atoms with Gasteiger partial charge in [-0.2, -0.15) is 0 Å². The highest BCUT2D eigenvalue weighted by atomic mass is 16.4. The van der Waals surface area contributed by atoms with Crippen LogP contribution in [0.15, 0.2) is 4.42 Å². The molecule has 1 aromatic heterocycles. The average molecular weight is 207 g/mol. The third-order valence-electron chi connectivity index (χ3n) is 3.98. The Bertz CT molecular complexity index is 350. The Hall–Kier alpha value is -0.900. The molecule has 0 spiro atoms. The molecule has 4 nitrogen and oxygen atoms in total. The van der Waals surface area contributed by atoms with Crippen molar-refractivity contribution in [3.8, 4) is 0 Å². The van der Waals surface area contributed by atoms with Crippen LogP contribution < -0.4 is 5.32 Å². The molecule has 0 aromatic carbocycles. The van der Waals surface area contributed by atoms with Gasteiger partial charge in [-0.05, 0) is 25.3 Å². The van der Waals surface area contributed by atoms with Crippen molar-refractivity contribution in [3.05, 3.63) is 11.8 Å². The van der Waals surface area contributed by atoms with Crippen molar-refractivity contribution in [3.63, 3.8) is 0 Å². The Balaban J connectivity index is 1.97. The van der Waals surface area contributed by atoms with Crippen LogP contribution in [0.25, 0.3) is 0 Å². The Morgan fingerprint density at radius 3 is 3.27 bits per heavy atom. The zero-order valence-corrected chi connectivity index (χ0v) is 9.12. The Labute approximate surface area is 89.5 Å². The van der Waals surface area contributed by atoms with E-state index in [1.54, 1.807) is 0 Å². The van der Waals surface area contributed by atoms with Crippen molar-refractivity contribution in [2.45, 2.75) is 38.0 Å². The fourth-order valence-corrected chi connectivity index (χ4v) is 3.10. The van der Waals surface area contributed by atoms with Crippen LogP contribution in [-0.4, -0.2) is 23.3 Å². The lowest BCUT2D eigenvalue weighted by Gasteiger charge is -2.23. The van der Waals surface area contributed by atoms with Crippen LogP contribution in [0.5, 0.6) is 0 Å². The topological polar surface area (TPSA) is 51.0 Å². The van der Waals surface area contributed by atoms with Gasteiger partial charge in [0.2, 0.25) is 11.8 Å². The maximum absolute atomic E-state index is 5.76. The second-order valence-corrected chi connectivity index (χ2v) is 4.73. The Morgan fingerprint density at radius 1 is 1.53 bits per heavy atom. The first-order chi connectivity index (χ1) is 7.35. The molecule has 2 atom stereocenters. The van der Waals surface area contributed by atoms with Gasteiger partial charge in [0.05, 0.1) is 5.41 Å². The molecule has 1 aliphatic carbocycles. The predicted octanol–water partition coefficient (Wildman–Crippen LogP) is 1.27. The van der Waals surface area contributed by atoms with E-state index in [1.807, 2.05) is 6.92 Å².